The summed E-state index contributed by atoms with van der Waals surface area (Å²) < 4.78 is 3.81. The zero-order valence-corrected chi connectivity index (χ0v) is 13.4. The third kappa shape index (κ3) is 3.12. The number of fused-ring (bicyclic) bond motifs is 1. The Balaban J connectivity index is 1.37. The Kier molecular flexibility index (Phi) is 3.96. The lowest BCUT2D eigenvalue weighted by Gasteiger charge is -2.06. The fourth-order valence-electron chi connectivity index (χ4n) is 2.65. The van der Waals surface area contributed by atoms with E-state index in [0.717, 1.165) is 17.2 Å². The van der Waals surface area contributed by atoms with Crippen LogP contribution in [0.15, 0.2) is 67.4 Å². The highest BCUT2D eigenvalue weighted by Crippen LogP contribution is 2.09. The van der Waals surface area contributed by atoms with E-state index in [1.807, 2.05) is 51.7 Å². The van der Waals surface area contributed by atoms with Gasteiger partial charge in [0.15, 0.2) is 5.65 Å². The second kappa shape index (κ2) is 6.56. The van der Waals surface area contributed by atoms with Crippen molar-refractivity contribution in [3.05, 3.63) is 78.8 Å². The highest BCUT2D eigenvalue weighted by atomic mass is 16.1. The predicted molar refractivity (Wildman–Crippen MR) is 92.6 cm³/mol. The average Bonchev–Trinajstić information content (AvgIpc) is 3.32. The molecule has 4 rings (SSSR count). The summed E-state index contributed by atoms with van der Waals surface area (Å²) in [6.07, 6.45) is 7.83. The largest absolute Gasteiger partial charge is 0.352 e. The molecular weight excluding hydrogens is 316 g/mol. The summed E-state index contributed by atoms with van der Waals surface area (Å²) in [6.45, 7) is 0.498. The molecule has 0 unspecified atom stereocenters. The number of imidazole rings is 1. The van der Waals surface area contributed by atoms with Crippen LogP contribution in [0.4, 0.5) is 0 Å². The molecule has 3 heterocycles. The maximum Gasteiger partial charge on any atom is 0.251 e. The molecule has 0 saturated heterocycles. The molecule has 4 aromatic rings. The third-order valence-electron chi connectivity index (χ3n) is 3.95. The van der Waals surface area contributed by atoms with Crippen molar-refractivity contribution in [2.75, 3.05) is 6.54 Å². The summed E-state index contributed by atoms with van der Waals surface area (Å²) in [5, 5.41) is 11.2. The van der Waals surface area contributed by atoms with Crippen molar-refractivity contribution < 1.29 is 4.79 Å². The number of aromatic nitrogens is 5. The lowest BCUT2D eigenvalue weighted by Crippen LogP contribution is -2.26. The lowest BCUT2D eigenvalue weighted by atomic mass is 10.2. The highest BCUT2D eigenvalue weighted by Gasteiger charge is 2.08. The Hall–Kier alpha value is -3.48. The molecule has 3 aromatic heterocycles. The highest BCUT2D eigenvalue weighted by molar-refractivity contribution is 5.94. The Morgan fingerprint density at radius 3 is 2.72 bits per heavy atom. The van der Waals surface area contributed by atoms with E-state index in [1.54, 1.807) is 24.7 Å². The SMILES string of the molecule is O=C(NCCc1nnc2ccccn12)c1ccc(-n2ccnc2)cc1. The Morgan fingerprint density at radius 2 is 1.92 bits per heavy atom. The molecular formula is C18H16N6O. The van der Waals surface area contributed by atoms with Crippen molar-refractivity contribution in [3.63, 3.8) is 0 Å². The van der Waals surface area contributed by atoms with Gasteiger partial charge in [0, 0.05) is 42.8 Å². The summed E-state index contributed by atoms with van der Waals surface area (Å²) in [6, 6.07) is 13.1. The van der Waals surface area contributed by atoms with Gasteiger partial charge in [-0.2, -0.15) is 0 Å². The smallest absolute Gasteiger partial charge is 0.251 e. The molecule has 1 amide bonds. The van der Waals surface area contributed by atoms with Gasteiger partial charge in [0.25, 0.3) is 5.91 Å². The average molecular weight is 332 g/mol. The van der Waals surface area contributed by atoms with Crippen LogP contribution in [-0.2, 0) is 6.42 Å². The molecule has 7 nitrogen and oxygen atoms in total. The van der Waals surface area contributed by atoms with Crippen LogP contribution in [0.3, 0.4) is 0 Å². The van der Waals surface area contributed by atoms with E-state index < -0.39 is 0 Å². The van der Waals surface area contributed by atoms with Gasteiger partial charge in [-0.25, -0.2) is 4.98 Å². The Labute approximate surface area is 144 Å². The number of rotatable bonds is 5. The number of nitrogens with one attached hydrogen (secondary N) is 1. The fourth-order valence-corrected chi connectivity index (χ4v) is 2.65. The molecule has 25 heavy (non-hydrogen) atoms. The normalized spacial score (nSPS) is 10.9. The molecule has 0 atom stereocenters. The molecule has 0 aliphatic rings. The lowest BCUT2D eigenvalue weighted by molar-refractivity contribution is 0.0954. The number of hydrogen-bond acceptors (Lipinski definition) is 4. The molecule has 0 saturated carbocycles. The van der Waals surface area contributed by atoms with Crippen LogP contribution in [0.1, 0.15) is 16.2 Å². The molecule has 0 bridgehead atoms. The first-order valence-corrected chi connectivity index (χ1v) is 7.96. The number of carbonyl (C=O) groups is 1. The number of pyridine rings is 1. The molecule has 0 spiro atoms. The van der Waals surface area contributed by atoms with Crippen molar-refractivity contribution >= 4 is 11.6 Å². The van der Waals surface area contributed by atoms with Crippen molar-refractivity contribution in [3.8, 4) is 5.69 Å². The standard InChI is InChI=1S/C18H16N6O/c25-18(14-4-6-15(7-5-14)23-12-10-19-13-23)20-9-8-17-22-21-16-3-1-2-11-24(16)17/h1-7,10-13H,8-9H2,(H,20,25). The van der Waals surface area contributed by atoms with Gasteiger partial charge in [0.1, 0.15) is 5.82 Å². The van der Waals surface area contributed by atoms with Gasteiger partial charge in [0.05, 0.1) is 6.33 Å². The summed E-state index contributed by atoms with van der Waals surface area (Å²) >= 11 is 0. The van der Waals surface area contributed by atoms with Crippen LogP contribution in [0, 0.1) is 0 Å². The van der Waals surface area contributed by atoms with E-state index in [1.165, 1.54) is 0 Å². The van der Waals surface area contributed by atoms with Crippen LogP contribution >= 0.6 is 0 Å². The van der Waals surface area contributed by atoms with Crippen LogP contribution in [0.25, 0.3) is 11.3 Å². The molecule has 0 fully saturated rings. The van der Waals surface area contributed by atoms with Crippen LogP contribution in [-0.4, -0.2) is 36.6 Å². The Bertz CT molecular complexity index is 988. The molecule has 124 valence electrons. The van der Waals surface area contributed by atoms with Gasteiger partial charge in [-0.3, -0.25) is 9.20 Å². The van der Waals surface area contributed by atoms with E-state index >= 15 is 0 Å². The second-order valence-corrected chi connectivity index (χ2v) is 5.57. The first kappa shape index (κ1) is 15.1. The predicted octanol–water partition coefficient (Wildman–Crippen LogP) is 1.89. The van der Waals surface area contributed by atoms with Gasteiger partial charge in [-0.05, 0) is 36.4 Å². The number of carbonyl (C=O) groups excluding carboxylic acids is 1. The summed E-state index contributed by atoms with van der Waals surface area (Å²) in [5.41, 5.74) is 2.39. The third-order valence-corrected chi connectivity index (χ3v) is 3.95. The first-order chi connectivity index (χ1) is 12.3. The van der Waals surface area contributed by atoms with E-state index in [0.29, 0.717) is 18.5 Å². The summed E-state index contributed by atoms with van der Waals surface area (Å²) in [4.78, 5) is 16.3. The van der Waals surface area contributed by atoms with Crippen molar-refractivity contribution in [1.29, 1.82) is 0 Å². The van der Waals surface area contributed by atoms with E-state index in [9.17, 15) is 4.79 Å². The van der Waals surface area contributed by atoms with E-state index in [4.69, 9.17) is 0 Å². The van der Waals surface area contributed by atoms with Crippen LogP contribution < -0.4 is 5.32 Å². The number of hydrogen-bond donors (Lipinski definition) is 1. The van der Waals surface area contributed by atoms with Gasteiger partial charge in [-0.1, -0.05) is 6.07 Å². The minimum atomic E-state index is -0.106. The number of nitrogens with zero attached hydrogens (tertiary/aromatic N) is 5. The monoisotopic (exact) mass is 332 g/mol. The minimum absolute atomic E-state index is 0.106. The molecule has 0 radical (unpaired) electrons. The topological polar surface area (TPSA) is 77.1 Å². The summed E-state index contributed by atoms with van der Waals surface area (Å²) in [7, 11) is 0. The second-order valence-electron chi connectivity index (χ2n) is 5.57. The number of amides is 1. The maximum absolute atomic E-state index is 12.3. The van der Waals surface area contributed by atoms with Crippen molar-refractivity contribution in [2.45, 2.75) is 6.42 Å². The zero-order chi connectivity index (χ0) is 17.1. The summed E-state index contributed by atoms with van der Waals surface area (Å²) in [5.74, 6) is 0.720. The van der Waals surface area contributed by atoms with Crippen LogP contribution in [0.2, 0.25) is 0 Å². The van der Waals surface area contributed by atoms with Gasteiger partial charge < -0.3 is 9.88 Å². The van der Waals surface area contributed by atoms with Crippen LogP contribution in [0.5, 0.6) is 0 Å². The fraction of sp³-hybridized carbons (Fsp3) is 0.111. The molecule has 1 N–H and O–H groups in total. The minimum Gasteiger partial charge on any atom is -0.352 e. The molecule has 0 aliphatic heterocycles. The Morgan fingerprint density at radius 1 is 1.04 bits per heavy atom. The molecule has 7 heteroatoms. The van der Waals surface area contributed by atoms with E-state index in [-0.39, 0.29) is 5.91 Å². The molecule has 1 aromatic carbocycles. The van der Waals surface area contributed by atoms with E-state index in [2.05, 4.69) is 20.5 Å². The maximum atomic E-state index is 12.3. The quantitative estimate of drug-likeness (QED) is 0.605. The van der Waals surface area contributed by atoms with Gasteiger partial charge >= 0.3 is 0 Å². The first-order valence-electron chi connectivity index (χ1n) is 7.96. The van der Waals surface area contributed by atoms with Crippen molar-refractivity contribution in [1.82, 2.24) is 29.5 Å². The zero-order valence-electron chi connectivity index (χ0n) is 13.4. The van der Waals surface area contributed by atoms with Gasteiger partial charge in [0.2, 0.25) is 0 Å². The van der Waals surface area contributed by atoms with Crippen molar-refractivity contribution in [2.24, 2.45) is 0 Å². The number of benzene rings is 1. The van der Waals surface area contributed by atoms with Gasteiger partial charge in [-0.15, -0.1) is 10.2 Å². The molecule has 0 aliphatic carbocycles.